The van der Waals surface area contributed by atoms with Crippen molar-refractivity contribution < 1.29 is 32.4 Å². The number of halogens is 4. The number of hydrogen-bond donors (Lipinski definition) is 2. The summed E-state index contributed by atoms with van der Waals surface area (Å²) in [6, 6.07) is 7.75. The second-order valence-electron chi connectivity index (χ2n) is 7.29. The number of benzene rings is 2. The summed E-state index contributed by atoms with van der Waals surface area (Å²) < 4.78 is 55.7. The maximum atomic E-state index is 14.5. The predicted octanol–water partition coefficient (Wildman–Crippen LogP) is 4.81. The molecule has 0 fully saturated rings. The minimum atomic E-state index is -4.76. The van der Waals surface area contributed by atoms with Gasteiger partial charge in [-0.3, -0.25) is 14.9 Å². The fourth-order valence-corrected chi connectivity index (χ4v) is 3.77. The van der Waals surface area contributed by atoms with E-state index in [9.17, 15) is 42.4 Å². The number of hydrogen-bond acceptors (Lipinski definition) is 4. The molecular formula is C22H13F4N3O5. The molecule has 0 atom stereocenters. The maximum Gasteiger partial charge on any atom is 0.416 e. The van der Waals surface area contributed by atoms with Crippen molar-refractivity contribution in [3.05, 3.63) is 97.8 Å². The average molecular weight is 475 g/mol. The molecule has 2 N–H and O–H groups in total. The van der Waals surface area contributed by atoms with E-state index in [1.54, 1.807) is 0 Å². The molecule has 0 bridgehead atoms. The Hall–Kier alpha value is -4.48. The van der Waals surface area contributed by atoms with Crippen molar-refractivity contribution in [3.8, 4) is 11.1 Å². The molecule has 0 amide bonds. The fraction of sp³-hybridized carbons (Fsp3) is 0.0909. The van der Waals surface area contributed by atoms with Crippen LogP contribution in [0, 0.1) is 15.9 Å². The van der Waals surface area contributed by atoms with Crippen molar-refractivity contribution in [3.63, 3.8) is 0 Å². The van der Waals surface area contributed by atoms with Gasteiger partial charge < -0.3 is 14.7 Å². The lowest BCUT2D eigenvalue weighted by molar-refractivity contribution is -0.385. The zero-order chi connectivity index (χ0) is 24.8. The molecule has 0 saturated heterocycles. The van der Waals surface area contributed by atoms with Gasteiger partial charge in [-0.05, 0) is 36.4 Å². The number of carboxylic acid groups (broad SMARTS) is 1. The third-order valence-electron chi connectivity index (χ3n) is 5.25. The number of nitrogens with one attached hydrogen (secondary N) is 1. The Bertz CT molecular complexity index is 1520. The molecule has 0 aliphatic heterocycles. The van der Waals surface area contributed by atoms with Crippen LogP contribution in [0.2, 0.25) is 0 Å². The second-order valence-corrected chi connectivity index (χ2v) is 7.29. The summed E-state index contributed by atoms with van der Waals surface area (Å²) >= 11 is 0. The first kappa shape index (κ1) is 22.7. The number of H-pyrrole nitrogens is 1. The number of pyridine rings is 1. The first-order valence-electron chi connectivity index (χ1n) is 9.56. The summed E-state index contributed by atoms with van der Waals surface area (Å²) in [6.45, 7) is -0.554. The van der Waals surface area contributed by atoms with E-state index in [0.717, 1.165) is 34.9 Å². The number of non-ortho nitro benzene ring substituents is 1. The van der Waals surface area contributed by atoms with E-state index in [-0.39, 0.29) is 27.6 Å². The number of rotatable bonds is 5. The Morgan fingerprint density at radius 3 is 2.50 bits per heavy atom. The lowest BCUT2D eigenvalue weighted by Gasteiger charge is -2.11. The van der Waals surface area contributed by atoms with Gasteiger partial charge in [0.25, 0.3) is 11.2 Å². The molecule has 4 aromatic rings. The summed E-state index contributed by atoms with van der Waals surface area (Å²) in [4.78, 5) is 37.4. The Labute approximate surface area is 186 Å². The fourth-order valence-electron chi connectivity index (χ4n) is 3.77. The van der Waals surface area contributed by atoms with Crippen molar-refractivity contribution in [2.45, 2.75) is 12.7 Å². The smallest absolute Gasteiger partial charge is 0.416 e. The van der Waals surface area contributed by atoms with E-state index < -0.39 is 51.9 Å². The summed E-state index contributed by atoms with van der Waals surface area (Å²) in [7, 11) is 0. The van der Waals surface area contributed by atoms with Gasteiger partial charge in [0, 0.05) is 45.9 Å². The number of carbonyl (C=O) groups is 1. The number of nitro groups is 1. The highest BCUT2D eigenvalue weighted by Crippen LogP contribution is 2.38. The molecule has 0 spiro atoms. The summed E-state index contributed by atoms with van der Waals surface area (Å²) in [6.07, 6.45) is -3.49. The monoisotopic (exact) mass is 475 g/mol. The minimum Gasteiger partial charge on any atom is -0.477 e. The first-order valence-corrected chi connectivity index (χ1v) is 9.56. The van der Waals surface area contributed by atoms with Crippen molar-refractivity contribution in [2.75, 3.05) is 0 Å². The zero-order valence-corrected chi connectivity index (χ0v) is 16.9. The normalized spacial score (nSPS) is 11.6. The Balaban J connectivity index is 2.09. The van der Waals surface area contributed by atoms with E-state index in [1.807, 2.05) is 0 Å². The molecule has 0 unspecified atom stereocenters. The van der Waals surface area contributed by atoms with Gasteiger partial charge in [-0.15, -0.1) is 0 Å². The molecule has 12 heteroatoms. The molecule has 2 heterocycles. The summed E-state index contributed by atoms with van der Waals surface area (Å²) in [5.41, 5.74) is -3.65. The molecule has 0 radical (unpaired) electrons. The lowest BCUT2D eigenvalue weighted by Crippen LogP contribution is -2.14. The van der Waals surface area contributed by atoms with Crippen molar-refractivity contribution in [1.82, 2.24) is 9.55 Å². The van der Waals surface area contributed by atoms with Crippen molar-refractivity contribution in [2.24, 2.45) is 0 Å². The molecule has 8 nitrogen and oxygen atoms in total. The third kappa shape index (κ3) is 3.89. The van der Waals surface area contributed by atoms with Crippen molar-refractivity contribution >= 4 is 22.6 Å². The second kappa shape index (κ2) is 8.14. The lowest BCUT2D eigenvalue weighted by atomic mass is 10.0. The van der Waals surface area contributed by atoms with Gasteiger partial charge in [-0.25, -0.2) is 9.18 Å². The average Bonchev–Trinajstić information content (AvgIpc) is 3.08. The number of alkyl halides is 3. The third-order valence-corrected chi connectivity index (χ3v) is 5.25. The van der Waals surface area contributed by atoms with Gasteiger partial charge in [-0.1, -0.05) is 0 Å². The highest BCUT2D eigenvalue weighted by atomic mass is 19.4. The van der Waals surface area contributed by atoms with Crippen LogP contribution < -0.4 is 5.56 Å². The number of aromatic amines is 1. The number of nitro benzene ring substituents is 1. The van der Waals surface area contributed by atoms with Crippen LogP contribution in [0.3, 0.4) is 0 Å². The number of aromatic nitrogens is 2. The van der Waals surface area contributed by atoms with Gasteiger partial charge in [0.2, 0.25) is 0 Å². The largest absolute Gasteiger partial charge is 0.477 e. The van der Waals surface area contributed by atoms with E-state index in [0.29, 0.717) is 6.07 Å². The van der Waals surface area contributed by atoms with Gasteiger partial charge in [-0.2, -0.15) is 13.2 Å². The standard InChI is InChI=1S/C22H13F4N3O5/c23-16-5-4-13(29(33)34)8-11(16)10-28-17-6-3-12(22(24,25)26)9-15(17)18(19(28)21(31)32)14-2-1-7-27-20(14)30/h1-9H,10H2,(H,27,30)(H,31,32). The SMILES string of the molecule is O=C(O)c1c(-c2ccc[nH]c2=O)c2cc(C(F)(F)F)ccc2n1Cc1cc([N+](=O)[O-])ccc1F. The van der Waals surface area contributed by atoms with Crippen LogP contribution in [0.15, 0.2) is 59.5 Å². The molecule has 34 heavy (non-hydrogen) atoms. The number of aromatic carboxylic acids is 1. The van der Waals surface area contributed by atoms with E-state index in [1.165, 1.54) is 18.3 Å². The van der Waals surface area contributed by atoms with E-state index in [4.69, 9.17) is 0 Å². The Morgan fingerprint density at radius 1 is 1.15 bits per heavy atom. The van der Waals surface area contributed by atoms with Crippen LogP contribution >= 0.6 is 0 Å². The molecule has 2 aromatic heterocycles. The van der Waals surface area contributed by atoms with Crippen LogP contribution in [0.1, 0.15) is 21.6 Å². The van der Waals surface area contributed by atoms with Gasteiger partial charge in [0.05, 0.1) is 17.0 Å². The van der Waals surface area contributed by atoms with Crippen LogP contribution in [-0.4, -0.2) is 25.6 Å². The molecular weight excluding hydrogens is 462 g/mol. The zero-order valence-electron chi connectivity index (χ0n) is 16.9. The minimum absolute atomic E-state index is 0.0328. The number of nitrogens with zero attached hydrogens (tertiary/aromatic N) is 2. The van der Waals surface area contributed by atoms with Crippen molar-refractivity contribution in [1.29, 1.82) is 0 Å². The summed E-state index contributed by atoms with van der Waals surface area (Å²) in [5.74, 6) is -2.47. The van der Waals surface area contributed by atoms with Crippen LogP contribution in [0.4, 0.5) is 23.2 Å². The van der Waals surface area contributed by atoms with E-state index >= 15 is 0 Å². The predicted molar refractivity (Wildman–Crippen MR) is 112 cm³/mol. The van der Waals surface area contributed by atoms with E-state index in [2.05, 4.69) is 4.98 Å². The van der Waals surface area contributed by atoms with Gasteiger partial charge in [0.1, 0.15) is 11.5 Å². The molecule has 0 aliphatic rings. The number of carboxylic acids is 1. The highest BCUT2D eigenvalue weighted by Gasteiger charge is 2.33. The molecule has 174 valence electrons. The molecule has 4 rings (SSSR count). The Morgan fingerprint density at radius 2 is 1.88 bits per heavy atom. The van der Waals surface area contributed by atoms with Crippen LogP contribution in [0.25, 0.3) is 22.0 Å². The molecule has 2 aromatic carbocycles. The topological polar surface area (TPSA) is 118 Å². The Kier molecular flexibility index (Phi) is 5.43. The number of fused-ring (bicyclic) bond motifs is 1. The van der Waals surface area contributed by atoms with Gasteiger partial charge >= 0.3 is 12.1 Å². The quantitative estimate of drug-likeness (QED) is 0.244. The van der Waals surface area contributed by atoms with Crippen LogP contribution in [-0.2, 0) is 12.7 Å². The maximum absolute atomic E-state index is 14.5. The first-order chi connectivity index (χ1) is 16.0. The summed E-state index contributed by atoms with van der Waals surface area (Å²) in [5, 5.41) is 20.9. The van der Waals surface area contributed by atoms with Crippen LogP contribution in [0.5, 0.6) is 0 Å². The van der Waals surface area contributed by atoms with Gasteiger partial charge in [0.15, 0.2) is 0 Å². The molecule has 0 saturated carbocycles. The molecule has 0 aliphatic carbocycles. The highest BCUT2D eigenvalue weighted by molar-refractivity contribution is 6.08.